The summed E-state index contributed by atoms with van der Waals surface area (Å²) in [6, 6.07) is 108. The van der Waals surface area contributed by atoms with Crippen LogP contribution in [0.15, 0.2) is 354 Å². The van der Waals surface area contributed by atoms with Gasteiger partial charge in [-0.05, 0) is 154 Å². The minimum Gasteiger partial charge on any atom is -0.456 e. The Hall–Kier alpha value is -15.7. The fourth-order valence-electron chi connectivity index (χ4n) is 16.5. The van der Waals surface area contributed by atoms with Gasteiger partial charge in [-0.25, -0.2) is 39.9 Å². The summed E-state index contributed by atoms with van der Waals surface area (Å²) < 4.78 is 50.4. The monoisotopic (exact) mass is 1630 g/mol. The molecule has 0 spiro atoms. The van der Waals surface area contributed by atoms with E-state index < -0.39 is 18.3 Å². The van der Waals surface area contributed by atoms with Crippen molar-refractivity contribution in [1.82, 2.24) is 49.8 Å². The smallest absolute Gasteiger partial charge is 0.456 e. The van der Waals surface area contributed by atoms with Crippen molar-refractivity contribution in [2.75, 3.05) is 0 Å². The molecule has 1 aliphatic heterocycles. The minimum absolute atomic E-state index is 0.172. The van der Waals surface area contributed by atoms with Crippen molar-refractivity contribution in [2.45, 2.75) is 38.9 Å². The normalized spacial score (nSPS) is 13.2. The molecule has 18 nitrogen and oxygen atoms in total. The average Bonchev–Trinajstić information content (AvgIpc) is 1.59. The number of halogens is 1. The lowest BCUT2D eigenvalue weighted by Gasteiger charge is -2.32. The summed E-state index contributed by atoms with van der Waals surface area (Å²) in [7, 11) is -0.453. The molecule has 590 valence electrons. The SMILES string of the molecule is CC1(C)OB(c2ccc3oc4c(-c5nc(-c6ccccc6)c6oc7ccccc7c6n5)cccc4c3c2)OC1(C)C.Clc1nc(-c2ccccc2)nc(-c2ccc3oc4ccccc4c3c2)n1.c1ccc(-c2nc(-c3ccc4oc5ccccc5c4c3)nc(-c3ccc4oc5c(-c6nc(-c7ccccc7)c7oc8ccccc8c7n6)cccc5c4c3)n2)cc1. The first kappa shape index (κ1) is 73.5. The number of nitrogens with zero attached hydrogens (tertiary/aromatic N) is 10. The Morgan fingerprint density at radius 1 is 0.226 bits per heavy atom. The quantitative estimate of drug-likeness (QED) is 0.116. The van der Waals surface area contributed by atoms with E-state index in [0.717, 1.165) is 182 Å². The highest BCUT2D eigenvalue weighted by atomic mass is 35.5. The Labute approximate surface area is 711 Å². The van der Waals surface area contributed by atoms with Crippen LogP contribution in [-0.4, -0.2) is 68.2 Å². The molecule has 0 radical (unpaired) electrons. The van der Waals surface area contributed by atoms with Gasteiger partial charge in [-0.1, -0.05) is 218 Å². The standard InChI is InChI=1S/C49H27N5O3.C34H27BN2O4.C21H12ClN3O/c1-3-12-28(13-4-1)42-45-43(34-17-8-10-21-39(34)57-45)51-49(50-42)35-19-11-18-33-37-27-31(23-25-41(37)56-44(33)35)48-53-46(29-14-5-2-6-15-29)52-47(54-48)30-22-24-40-36(26-30)32-16-7-9-20-38(32)55-40;1-33(2)34(3,4)41-35(40-33)21-17-18-27-25(19-21)22-14-10-15-24(30(22)38-27)32-36-28(20-11-6-5-7-12-20)31-29(37-32)23-13-8-9-16-26(23)39-31;22-21-24-19(13-6-2-1-3-7-13)23-20(25-21)14-10-11-18-16(12-14)15-8-4-5-9-17(15)26-18/h1-27H;5-19H,1-4H3;1-12H. The first-order valence-electron chi connectivity index (χ1n) is 40.7. The van der Waals surface area contributed by atoms with Crippen LogP contribution in [0.25, 0.3) is 234 Å². The molecule has 0 amide bonds. The molecular weight excluding hydrogens is 1560 g/mol. The molecular formula is C104H66BClN10O8. The Morgan fingerprint density at radius 2 is 0.532 bits per heavy atom. The fourth-order valence-corrected chi connectivity index (χ4v) is 16.7. The Morgan fingerprint density at radius 3 is 0.960 bits per heavy atom. The lowest BCUT2D eigenvalue weighted by Crippen LogP contribution is -2.41. The second kappa shape index (κ2) is 29.4. The van der Waals surface area contributed by atoms with Crippen molar-refractivity contribution in [3.63, 3.8) is 0 Å². The summed E-state index contributed by atoms with van der Waals surface area (Å²) >= 11 is 6.16. The fraction of sp³-hybridized carbons (Fsp3) is 0.0577. The van der Waals surface area contributed by atoms with E-state index in [1.165, 1.54) is 0 Å². The molecule has 1 aliphatic rings. The summed E-state index contributed by atoms with van der Waals surface area (Å²) in [4.78, 5) is 48.6. The van der Waals surface area contributed by atoms with Crippen LogP contribution < -0.4 is 5.46 Å². The third-order valence-electron chi connectivity index (χ3n) is 23.4. The molecule has 0 atom stereocenters. The third kappa shape index (κ3) is 12.8. The molecule has 0 unspecified atom stereocenters. The maximum Gasteiger partial charge on any atom is 0.494 e. The molecule has 1 saturated heterocycles. The first-order chi connectivity index (χ1) is 60.8. The van der Waals surface area contributed by atoms with Gasteiger partial charge in [0, 0.05) is 92.8 Å². The molecule has 0 bridgehead atoms. The van der Waals surface area contributed by atoms with Gasteiger partial charge in [0.2, 0.25) is 5.28 Å². The summed E-state index contributed by atoms with van der Waals surface area (Å²) in [5.41, 5.74) is 20.2. The molecule has 25 rings (SSSR count). The highest BCUT2D eigenvalue weighted by molar-refractivity contribution is 6.62. The molecule has 20 heteroatoms. The van der Waals surface area contributed by atoms with Gasteiger partial charge in [0.1, 0.15) is 78.3 Å². The summed E-state index contributed by atoms with van der Waals surface area (Å²) in [5.74, 6) is 3.93. The largest absolute Gasteiger partial charge is 0.494 e. The summed E-state index contributed by atoms with van der Waals surface area (Å²) in [5, 5.41) is 10.0. The first-order valence-corrected chi connectivity index (χ1v) is 41.0. The molecule has 0 N–H and O–H groups in total. The van der Waals surface area contributed by atoms with E-state index in [2.05, 4.69) is 79.0 Å². The van der Waals surface area contributed by atoms with Gasteiger partial charge in [-0.3, -0.25) is 0 Å². The maximum atomic E-state index is 6.64. The van der Waals surface area contributed by atoms with E-state index in [9.17, 15) is 0 Å². The van der Waals surface area contributed by atoms with E-state index in [0.29, 0.717) is 57.5 Å². The van der Waals surface area contributed by atoms with Crippen molar-refractivity contribution in [1.29, 1.82) is 0 Å². The van der Waals surface area contributed by atoms with Crippen LogP contribution in [0.4, 0.5) is 0 Å². The number of hydrogen-bond donors (Lipinski definition) is 0. The lowest BCUT2D eigenvalue weighted by atomic mass is 9.78. The van der Waals surface area contributed by atoms with Gasteiger partial charge in [-0.2, -0.15) is 9.97 Å². The van der Waals surface area contributed by atoms with Crippen molar-refractivity contribution in [2.24, 2.45) is 0 Å². The van der Waals surface area contributed by atoms with E-state index in [1.807, 2.05) is 291 Å². The number of rotatable bonds is 10. The minimum atomic E-state index is -0.453. The molecule has 11 heterocycles. The topological polar surface area (TPSA) is 226 Å². The number of para-hydroxylation sites is 6. The van der Waals surface area contributed by atoms with Gasteiger partial charge in [0.05, 0.1) is 22.3 Å². The zero-order valence-corrected chi connectivity index (χ0v) is 67.6. The number of furan rings is 6. The van der Waals surface area contributed by atoms with Crippen LogP contribution in [-0.2, 0) is 9.31 Å². The van der Waals surface area contributed by atoms with Gasteiger partial charge < -0.3 is 35.8 Å². The van der Waals surface area contributed by atoms with E-state index in [-0.39, 0.29) is 5.28 Å². The van der Waals surface area contributed by atoms with Crippen molar-refractivity contribution < 1.29 is 35.8 Å². The second-order valence-corrected chi connectivity index (χ2v) is 31.9. The number of hydrogen-bond acceptors (Lipinski definition) is 18. The zero-order chi connectivity index (χ0) is 82.9. The van der Waals surface area contributed by atoms with Crippen LogP contribution in [0.3, 0.4) is 0 Å². The van der Waals surface area contributed by atoms with Crippen LogP contribution in [0, 0.1) is 0 Å². The van der Waals surface area contributed by atoms with Crippen LogP contribution in [0.2, 0.25) is 5.28 Å². The molecule has 1 fully saturated rings. The highest BCUT2D eigenvalue weighted by Crippen LogP contribution is 2.45. The van der Waals surface area contributed by atoms with E-state index >= 15 is 0 Å². The lowest BCUT2D eigenvalue weighted by molar-refractivity contribution is 0.00578. The third-order valence-corrected chi connectivity index (χ3v) is 23.6. The van der Waals surface area contributed by atoms with Crippen LogP contribution in [0.1, 0.15) is 27.7 Å². The summed E-state index contributed by atoms with van der Waals surface area (Å²) in [6.07, 6.45) is 0. The molecule has 0 aliphatic carbocycles. The predicted octanol–water partition coefficient (Wildman–Crippen LogP) is 26.4. The van der Waals surface area contributed by atoms with E-state index in [4.69, 9.17) is 82.3 Å². The van der Waals surface area contributed by atoms with Gasteiger partial charge >= 0.3 is 7.12 Å². The molecule has 0 saturated carbocycles. The molecule has 14 aromatic carbocycles. The maximum absolute atomic E-state index is 6.64. The zero-order valence-electron chi connectivity index (χ0n) is 66.9. The average molecular weight is 1630 g/mol. The number of aromatic nitrogens is 10. The Balaban J connectivity index is 0.000000116. The van der Waals surface area contributed by atoms with E-state index in [1.54, 1.807) is 0 Å². The molecule has 24 aromatic rings. The predicted molar refractivity (Wildman–Crippen MR) is 491 cm³/mol. The second-order valence-electron chi connectivity index (χ2n) is 31.6. The van der Waals surface area contributed by atoms with Crippen molar-refractivity contribution >= 4 is 156 Å². The van der Waals surface area contributed by atoms with Crippen LogP contribution in [0.5, 0.6) is 0 Å². The van der Waals surface area contributed by atoms with Crippen molar-refractivity contribution in [3.05, 3.63) is 333 Å². The Bertz CT molecular complexity index is 8360. The Kier molecular flexibility index (Phi) is 17.4. The number of fused-ring (bicyclic) bond motifs is 18. The van der Waals surface area contributed by atoms with Crippen molar-refractivity contribution in [3.8, 4) is 102 Å². The van der Waals surface area contributed by atoms with Gasteiger partial charge in [-0.15, -0.1) is 0 Å². The highest BCUT2D eigenvalue weighted by Gasteiger charge is 2.52. The number of benzene rings is 14. The van der Waals surface area contributed by atoms with Gasteiger partial charge in [0.15, 0.2) is 51.9 Å². The summed E-state index contributed by atoms with van der Waals surface area (Å²) in [6.45, 7) is 8.26. The van der Waals surface area contributed by atoms with Gasteiger partial charge in [0.25, 0.3) is 0 Å². The van der Waals surface area contributed by atoms with Crippen LogP contribution >= 0.6 is 11.6 Å². The molecule has 10 aromatic heterocycles. The molecule has 124 heavy (non-hydrogen) atoms.